The van der Waals surface area contributed by atoms with Gasteiger partial charge in [-0.2, -0.15) is 0 Å². The van der Waals surface area contributed by atoms with Crippen molar-refractivity contribution < 1.29 is 0 Å². The summed E-state index contributed by atoms with van der Waals surface area (Å²) in [6.07, 6.45) is 0. The van der Waals surface area contributed by atoms with Crippen LogP contribution in [0, 0.1) is 22.9 Å². The quantitative estimate of drug-likeness (QED) is 0.467. The van der Waals surface area contributed by atoms with Crippen LogP contribution in [0.4, 0.5) is 0 Å². The fraction of sp³-hybridized carbons (Fsp3) is 0.231. The van der Waals surface area contributed by atoms with E-state index in [9.17, 15) is 0 Å². The molecule has 15 heavy (non-hydrogen) atoms. The molecule has 1 aromatic carbocycles. The van der Waals surface area contributed by atoms with Crippen LogP contribution in [-0.2, 0) is 0 Å². The predicted molar refractivity (Wildman–Crippen MR) is 73.5 cm³/mol. The summed E-state index contributed by atoms with van der Waals surface area (Å²) < 4.78 is 0. The lowest BCUT2D eigenvalue weighted by atomic mass is 10.1. The van der Waals surface area contributed by atoms with E-state index in [2.05, 4.69) is 42.6 Å². The molecule has 0 aliphatic carbocycles. The molecule has 0 amide bonds. The molecule has 0 nitrogen and oxygen atoms in total. The van der Waals surface area contributed by atoms with Gasteiger partial charge in [-0.3, -0.25) is 0 Å². The molecule has 0 N–H and O–H groups in total. The fourth-order valence-corrected chi connectivity index (χ4v) is 1.85. The average molecular weight is 228 g/mol. The van der Waals surface area contributed by atoms with Gasteiger partial charge in [-0.15, -0.1) is 11.1 Å². The summed E-state index contributed by atoms with van der Waals surface area (Å²) in [4.78, 5) is 0. The zero-order chi connectivity index (χ0) is 11.3. The zero-order valence-electron chi connectivity index (χ0n) is 9.81. The van der Waals surface area contributed by atoms with E-state index in [0.717, 1.165) is 21.4 Å². The molecule has 0 aliphatic heterocycles. The Labute approximate surface area is 96.5 Å². The van der Waals surface area contributed by atoms with Gasteiger partial charge >= 0.3 is 0 Å². The van der Waals surface area contributed by atoms with E-state index in [4.69, 9.17) is 0 Å². The monoisotopic (exact) mass is 228 g/mol. The van der Waals surface area contributed by atoms with E-state index in [1.165, 1.54) is 0 Å². The molecular weight excluding hydrogens is 212 g/mol. The topological polar surface area (TPSA) is 0 Å². The second-order valence-corrected chi connectivity index (χ2v) is 9.70. The molecule has 0 saturated carbocycles. The lowest BCUT2D eigenvalue weighted by Gasteiger charge is -2.03. The van der Waals surface area contributed by atoms with Crippen molar-refractivity contribution in [3.63, 3.8) is 0 Å². The molecule has 2 heteroatoms. The van der Waals surface area contributed by atoms with E-state index in [1.807, 2.05) is 24.3 Å². The molecule has 0 fully saturated rings. The lowest BCUT2D eigenvalue weighted by molar-refractivity contribution is 1.60. The highest BCUT2D eigenvalue weighted by Gasteiger charge is 2.07. The minimum atomic E-state index is -1.25. The van der Waals surface area contributed by atoms with Crippen LogP contribution < -0.4 is 0 Å². The van der Waals surface area contributed by atoms with E-state index in [1.54, 1.807) is 0 Å². The van der Waals surface area contributed by atoms with Gasteiger partial charge in [0.1, 0.15) is 8.07 Å². The van der Waals surface area contributed by atoms with E-state index >= 15 is 0 Å². The van der Waals surface area contributed by atoms with Crippen LogP contribution in [0.15, 0.2) is 24.3 Å². The summed E-state index contributed by atoms with van der Waals surface area (Å²) in [5.74, 6) is 6.31. The molecule has 0 spiro atoms. The fourth-order valence-electron chi connectivity index (χ4n) is 1.04. The summed E-state index contributed by atoms with van der Waals surface area (Å²) in [5.41, 5.74) is 8.55. The van der Waals surface area contributed by atoms with E-state index < -0.39 is 8.07 Å². The minimum absolute atomic E-state index is 0.934. The largest absolute Gasteiger partial charge is 0.138 e. The Morgan fingerprint density at radius 1 is 0.933 bits per heavy atom. The first-order chi connectivity index (χ1) is 7.01. The number of benzene rings is 1. The second-order valence-electron chi connectivity index (χ2n) is 4.45. The molecule has 0 saturated heterocycles. The summed E-state index contributed by atoms with van der Waals surface area (Å²) in [7, 11) is -0.319. The first-order valence-corrected chi connectivity index (χ1v) is 9.57. The third kappa shape index (κ3) is 4.69. The molecule has 0 aliphatic rings. The summed E-state index contributed by atoms with van der Waals surface area (Å²) in [5, 5.41) is 0. The second kappa shape index (κ2) is 5.02. The zero-order valence-corrected chi connectivity index (χ0v) is 12.8. The molecule has 0 radical (unpaired) electrons. The molecule has 0 aromatic heterocycles. The first kappa shape index (κ1) is 11.8. The summed E-state index contributed by atoms with van der Waals surface area (Å²) in [6.45, 7) is 6.75. The maximum atomic E-state index is 3.35. The molecule has 76 valence electrons. The lowest BCUT2D eigenvalue weighted by Crippen LogP contribution is -2.16. The number of rotatable bonds is 0. The highest BCUT2D eigenvalue weighted by atomic mass is 28.3. The van der Waals surface area contributed by atoms with Gasteiger partial charge in [-0.1, -0.05) is 31.5 Å². The van der Waals surface area contributed by atoms with Crippen LogP contribution in [0.1, 0.15) is 11.1 Å². The molecule has 1 aromatic rings. The number of hydrogen-bond donors (Lipinski definition) is 0. The van der Waals surface area contributed by atoms with Crippen molar-refractivity contribution in [2.75, 3.05) is 0 Å². The Balaban J connectivity index is 2.88. The predicted octanol–water partition coefficient (Wildman–Crippen LogP) is 1.59. The third-order valence-electron chi connectivity index (χ3n) is 1.74. The van der Waals surface area contributed by atoms with Crippen molar-refractivity contribution in [2.45, 2.75) is 19.6 Å². The van der Waals surface area contributed by atoms with Crippen LogP contribution in [0.25, 0.3) is 0 Å². The molecule has 1 rings (SSSR count). The van der Waals surface area contributed by atoms with E-state index in [0.29, 0.717) is 0 Å². The van der Waals surface area contributed by atoms with Gasteiger partial charge < -0.3 is 0 Å². The third-order valence-corrected chi connectivity index (χ3v) is 2.86. The first-order valence-electron chi connectivity index (χ1n) is 5.07. The maximum Gasteiger partial charge on any atom is 0.129 e. The van der Waals surface area contributed by atoms with Gasteiger partial charge in [-0.05, 0) is 24.3 Å². The smallest absolute Gasteiger partial charge is 0.129 e. The van der Waals surface area contributed by atoms with Crippen molar-refractivity contribution in [2.24, 2.45) is 0 Å². The Morgan fingerprint density at radius 3 is 1.80 bits per heavy atom. The van der Waals surface area contributed by atoms with Crippen LogP contribution >= 0.6 is 0 Å². The van der Waals surface area contributed by atoms with Gasteiger partial charge in [0.25, 0.3) is 0 Å². The highest BCUT2D eigenvalue weighted by molar-refractivity contribution is 6.83. The van der Waals surface area contributed by atoms with Crippen LogP contribution in [0.3, 0.4) is 0 Å². The standard InChI is InChI=1S/C13H16Si2/c1-15(2,3)11-9-13-6-4-12(5-7-13)8-10-14/h4-7H,1-3,14H3. The summed E-state index contributed by atoms with van der Waals surface area (Å²) in [6, 6.07) is 8.18. The summed E-state index contributed by atoms with van der Waals surface area (Å²) >= 11 is 0. The van der Waals surface area contributed by atoms with Gasteiger partial charge in [0.15, 0.2) is 0 Å². The van der Waals surface area contributed by atoms with Crippen molar-refractivity contribution >= 4 is 18.3 Å². The Hall–Kier alpha value is -1.23. The molecular formula is C13H16Si2. The van der Waals surface area contributed by atoms with Crippen LogP contribution in [0.2, 0.25) is 19.6 Å². The van der Waals surface area contributed by atoms with Crippen molar-refractivity contribution in [1.29, 1.82) is 0 Å². The average Bonchev–Trinajstić information content (AvgIpc) is 2.16. The maximum absolute atomic E-state index is 3.35. The van der Waals surface area contributed by atoms with Crippen molar-refractivity contribution in [3.05, 3.63) is 35.4 Å². The minimum Gasteiger partial charge on any atom is -0.138 e. The Bertz CT molecular complexity index is 442. The number of hydrogen-bond acceptors (Lipinski definition) is 0. The van der Waals surface area contributed by atoms with Gasteiger partial charge in [0.2, 0.25) is 0 Å². The van der Waals surface area contributed by atoms with Crippen molar-refractivity contribution in [1.82, 2.24) is 0 Å². The van der Waals surface area contributed by atoms with E-state index in [-0.39, 0.29) is 0 Å². The molecule has 0 atom stereocenters. The van der Waals surface area contributed by atoms with Crippen molar-refractivity contribution in [3.8, 4) is 22.9 Å². The Kier molecular flexibility index (Phi) is 3.97. The van der Waals surface area contributed by atoms with Crippen LogP contribution in [-0.4, -0.2) is 18.3 Å². The highest BCUT2D eigenvalue weighted by Crippen LogP contribution is 2.03. The molecule has 0 bridgehead atoms. The normalized spacial score (nSPS) is 9.80. The van der Waals surface area contributed by atoms with Gasteiger partial charge in [-0.25, -0.2) is 0 Å². The van der Waals surface area contributed by atoms with Gasteiger partial charge in [0, 0.05) is 11.1 Å². The van der Waals surface area contributed by atoms with Gasteiger partial charge in [0.05, 0.1) is 10.2 Å². The molecule has 0 unspecified atom stereocenters. The Morgan fingerprint density at radius 2 is 1.40 bits per heavy atom. The van der Waals surface area contributed by atoms with Crippen LogP contribution in [0.5, 0.6) is 0 Å². The molecule has 0 heterocycles. The SMILES string of the molecule is C[Si](C)(C)C#Cc1ccc(C#C[SiH3])cc1.